The molecule has 0 spiro atoms. The highest BCUT2D eigenvalue weighted by Crippen LogP contribution is 2.34. The number of phenolic OH excluding ortho intramolecular Hbond substituents is 2. The minimum Gasteiger partial charge on any atom is -0.504 e. The summed E-state index contributed by atoms with van der Waals surface area (Å²) in [6.07, 6.45) is 2.71. The van der Waals surface area contributed by atoms with Gasteiger partial charge in [0.1, 0.15) is 18.0 Å². The molecule has 0 bridgehead atoms. The van der Waals surface area contributed by atoms with Crippen LogP contribution in [0, 0.1) is 0 Å². The zero-order chi connectivity index (χ0) is 26.2. The van der Waals surface area contributed by atoms with E-state index in [1.54, 1.807) is 12.1 Å². The lowest BCUT2D eigenvalue weighted by atomic mass is 10.00. The van der Waals surface area contributed by atoms with Crippen molar-refractivity contribution in [3.05, 3.63) is 89.0 Å². The average molecular weight is 494 g/mol. The number of rotatable bonds is 9. The molecule has 9 heteroatoms. The van der Waals surface area contributed by atoms with Gasteiger partial charge >= 0.3 is 11.9 Å². The number of carboxylic acid groups (broad SMARTS) is 1. The van der Waals surface area contributed by atoms with E-state index in [2.05, 4.69) is 0 Å². The highest BCUT2D eigenvalue weighted by Gasteiger charge is 2.20. The van der Waals surface area contributed by atoms with Crippen LogP contribution < -0.4 is 9.47 Å². The van der Waals surface area contributed by atoms with Gasteiger partial charge in [0.25, 0.3) is 0 Å². The molecule has 0 atom stereocenters. The van der Waals surface area contributed by atoms with Crippen molar-refractivity contribution in [2.45, 2.75) is 6.61 Å². The topological polar surface area (TPSA) is 123 Å². The molecule has 0 aliphatic carbocycles. The highest BCUT2D eigenvalue weighted by atomic mass is 19.1. The second kappa shape index (κ2) is 11.6. The number of benzene rings is 3. The van der Waals surface area contributed by atoms with E-state index >= 15 is 4.39 Å². The lowest BCUT2D eigenvalue weighted by Gasteiger charge is -2.09. The summed E-state index contributed by atoms with van der Waals surface area (Å²) < 4.78 is 30.2. The maximum atomic E-state index is 15.1. The number of ether oxygens (including phenoxy) is 3. The summed E-state index contributed by atoms with van der Waals surface area (Å²) in [5.74, 6) is -3.06. The first-order valence-corrected chi connectivity index (χ1v) is 10.5. The van der Waals surface area contributed by atoms with Crippen LogP contribution in [-0.2, 0) is 20.9 Å². The highest BCUT2D eigenvalue weighted by molar-refractivity contribution is 6.22. The van der Waals surface area contributed by atoms with Crippen molar-refractivity contribution in [3.63, 3.8) is 0 Å². The fourth-order valence-electron chi connectivity index (χ4n) is 3.23. The average Bonchev–Trinajstić information content (AvgIpc) is 2.87. The molecule has 0 aromatic heterocycles. The quantitative estimate of drug-likeness (QED) is 0.220. The summed E-state index contributed by atoms with van der Waals surface area (Å²) in [5, 5.41) is 28.9. The van der Waals surface area contributed by atoms with E-state index in [9.17, 15) is 24.9 Å². The minimum atomic E-state index is -1.48. The molecule has 0 fully saturated rings. The van der Waals surface area contributed by atoms with E-state index in [1.165, 1.54) is 74.9 Å². The smallest absolute Gasteiger partial charge is 0.339 e. The molecule has 0 saturated heterocycles. The van der Waals surface area contributed by atoms with Crippen LogP contribution in [-0.4, -0.2) is 41.5 Å². The van der Waals surface area contributed by atoms with Crippen LogP contribution >= 0.6 is 0 Å². The summed E-state index contributed by atoms with van der Waals surface area (Å²) in [6, 6.07) is 14.1. The molecule has 3 N–H and O–H groups in total. The molecule has 36 heavy (non-hydrogen) atoms. The number of halogens is 1. The maximum absolute atomic E-state index is 15.1. The lowest BCUT2D eigenvalue weighted by molar-refractivity contribution is -0.139. The Hall–Kier alpha value is -4.79. The third-order valence-electron chi connectivity index (χ3n) is 5.11. The number of methoxy groups -OCH3 is 2. The number of carbonyl (C=O) groups is 2. The van der Waals surface area contributed by atoms with Crippen molar-refractivity contribution in [1.82, 2.24) is 0 Å². The van der Waals surface area contributed by atoms with Gasteiger partial charge in [0, 0.05) is 11.6 Å². The Morgan fingerprint density at radius 2 is 1.44 bits per heavy atom. The van der Waals surface area contributed by atoms with Crippen LogP contribution in [0.1, 0.15) is 22.3 Å². The molecule has 186 valence electrons. The number of hydrogen-bond acceptors (Lipinski definition) is 7. The van der Waals surface area contributed by atoms with Gasteiger partial charge in [-0.15, -0.1) is 0 Å². The number of aromatic hydroxyl groups is 2. The molecular formula is C27H23FO8. The van der Waals surface area contributed by atoms with Gasteiger partial charge in [0.2, 0.25) is 0 Å². The van der Waals surface area contributed by atoms with E-state index in [0.717, 1.165) is 0 Å². The number of carbonyl (C=O) groups excluding carboxylic acids is 1. The Labute approximate surface area is 206 Å². The Bertz CT molecular complexity index is 1330. The van der Waals surface area contributed by atoms with Crippen LogP contribution in [0.5, 0.6) is 23.0 Å². The third-order valence-corrected chi connectivity index (χ3v) is 5.11. The first-order chi connectivity index (χ1) is 17.2. The predicted octanol–water partition coefficient (Wildman–Crippen LogP) is 4.79. The van der Waals surface area contributed by atoms with Gasteiger partial charge in [-0.1, -0.05) is 30.3 Å². The van der Waals surface area contributed by atoms with Gasteiger partial charge in [0.15, 0.2) is 23.0 Å². The Morgan fingerprint density at radius 1 is 0.861 bits per heavy atom. The largest absolute Gasteiger partial charge is 0.504 e. The molecule has 3 rings (SSSR count). The summed E-state index contributed by atoms with van der Waals surface area (Å²) in [6.45, 7) is -0.0912. The van der Waals surface area contributed by atoms with E-state index in [0.29, 0.717) is 11.1 Å². The minimum absolute atomic E-state index is 0.00292. The standard InChI is InChI=1S/C27H23FO8/c1-34-22-13-16(5-10-20(22)29)6-12-24(31)36-15-17-3-7-18(8-4-17)25(27(32)33)26(28)19-9-11-21(30)23(14-19)35-2/h3-14,29-30H,15H2,1-2H3,(H,32,33)/b12-6+,26-25+. The molecule has 0 saturated carbocycles. The summed E-state index contributed by atoms with van der Waals surface area (Å²) >= 11 is 0. The van der Waals surface area contributed by atoms with Gasteiger partial charge in [-0.2, -0.15) is 0 Å². The molecule has 0 heterocycles. The molecule has 3 aromatic rings. The van der Waals surface area contributed by atoms with Crippen LogP contribution in [0.3, 0.4) is 0 Å². The Morgan fingerprint density at radius 3 is 2.06 bits per heavy atom. The van der Waals surface area contributed by atoms with E-state index in [-0.39, 0.29) is 40.7 Å². The van der Waals surface area contributed by atoms with Crippen molar-refractivity contribution in [2.75, 3.05) is 14.2 Å². The van der Waals surface area contributed by atoms with Crippen LogP contribution in [0.15, 0.2) is 66.7 Å². The van der Waals surface area contributed by atoms with Crippen molar-refractivity contribution in [1.29, 1.82) is 0 Å². The first kappa shape index (κ1) is 25.8. The number of hydrogen-bond donors (Lipinski definition) is 3. The van der Waals surface area contributed by atoms with Crippen LogP contribution in [0.4, 0.5) is 4.39 Å². The van der Waals surface area contributed by atoms with Crippen molar-refractivity contribution >= 4 is 29.4 Å². The Balaban J connectivity index is 1.71. The summed E-state index contributed by atoms with van der Waals surface area (Å²) in [5.41, 5.74) is 0.635. The van der Waals surface area contributed by atoms with Gasteiger partial charge < -0.3 is 29.5 Å². The number of phenols is 2. The second-order valence-corrected chi connectivity index (χ2v) is 7.45. The van der Waals surface area contributed by atoms with Crippen molar-refractivity contribution < 1.29 is 43.5 Å². The van der Waals surface area contributed by atoms with Crippen molar-refractivity contribution in [3.8, 4) is 23.0 Å². The normalized spacial score (nSPS) is 11.6. The lowest BCUT2D eigenvalue weighted by Crippen LogP contribution is -2.04. The molecule has 0 amide bonds. The van der Waals surface area contributed by atoms with Crippen molar-refractivity contribution in [2.24, 2.45) is 0 Å². The maximum Gasteiger partial charge on any atom is 0.339 e. The molecule has 3 aromatic carbocycles. The molecule has 0 aliphatic heterocycles. The Kier molecular flexibility index (Phi) is 8.30. The predicted molar refractivity (Wildman–Crippen MR) is 130 cm³/mol. The molecule has 0 unspecified atom stereocenters. The summed E-state index contributed by atoms with van der Waals surface area (Å²) in [7, 11) is 2.71. The number of carboxylic acids is 1. The number of aliphatic carboxylic acids is 1. The molecular weight excluding hydrogens is 471 g/mol. The molecule has 8 nitrogen and oxygen atoms in total. The zero-order valence-corrected chi connectivity index (χ0v) is 19.4. The third kappa shape index (κ3) is 6.20. The monoisotopic (exact) mass is 494 g/mol. The van der Waals surface area contributed by atoms with Crippen LogP contribution in [0.25, 0.3) is 17.5 Å². The summed E-state index contributed by atoms with van der Waals surface area (Å²) in [4.78, 5) is 23.9. The zero-order valence-electron chi connectivity index (χ0n) is 19.4. The molecule has 0 radical (unpaired) electrons. The van der Waals surface area contributed by atoms with Gasteiger partial charge in [-0.3, -0.25) is 0 Å². The fraction of sp³-hybridized carbons (Fsp3) is 0.111. The van der Waals surface area contributed by atoms with Gasteiger partial charge in [0.05, 0.1) is 14.2 Å². The van der Waals surface area contributed by atoms with Gasteiger partial charge in [-0.05, 0) is 53.1 Å². The van der Waals surface area contributed by atoms with E-state index < -0.39 is 23.3 Å². The van der Waals surface area contributed by atoms with Crippen LogP contribution in [0.2, 0.25) is 0 Å². The van der Waals surface area contributed by atoms with Gasteiger partial charge in [-0.25, -0.2) is 14.0 Å². The fourth-order valence-corrected chi connectivity index (χ4v) is 3.23. The number of esters is 1. The first-order valence-electron chi connectivity index (χ1n) is 10.5. The second-order valence-electron chi connectivity index (χ2n) is 7.45. The van der Waals surface area contributed by atoms with E-state index in [1.807, 2.05) is 0 Å². The molecule has 0 aliphatic rings. The van der Waals surface area contributed by atoms with E-state index in [4.69, 9.17) is 14.2 Å². The SMILES string of the molecule is COc1cc(/C=C/C(=O)OCc2ccc(/C(C(=O)O)=C(\F)c3ccc(O)c(OC)c3)cc2)ccc1O.